The van der Waals surface area contributed by atoms with Gasteiger partial charge in [0.15, 0.2) is 0 Å². The summed E-state index contributed by atoms with van der Waals surface area (Å²) < 4.78 is 2.27. The van der Waals surface area contributed by atoms with Crippen molar-refractivity contribution in [1.82, 2.24) is 19.5 Å². The van der Waals surface area contributed by atoms with Gasteiger partial charge in [-0.3, -0.25) is 9.55 Å². The van der Waals surface area contributed by atoms with Gasteiger partial charge >= 0.3 is 0 Å². The highest BCUT2D eigenvalue weighted by atomic mass is 15.1. The second-order valence-corrected chi connectivity index (χ2v) is 16.2. The quantitative estimate of drug-likeness (QED) is 0.210. The maximum atomic E-state index is 5.44. The number of nitrogens with one attached hydrogen (secondary N) is 1. The minimum atomic E-state index is 0.00899. The van der Waals surface area contributed by atoms with E-state index in [0.717, 1.165) is 50.4 Å². The van der Waals surface area contributed by atoms with E-state index >= 15 is 0 Å². The van der Waals surface area contributed by atoms with Gasteiger partial charge in [-0.25, -0.2) is 4.98 Å². The lowest BCUT2D eigenvalue weighted by Gasteiger charge is -2.26. The van der Waals surface area contributed by atoms with E-state index in [0.29, 0.717) is 0 Å². The highest BCUT2D eigenvalue weighted by molar-refractivity contribution is 6.08. The fourth-order valence-electron chi connectivity index (χ4n) is 6.48. The van der Waals surface area contributed by atoms with Gasteiger partial charge in [0.2, 0.25) is 0 Å². The molecule has 0 saturated heterocycles. The van der Waals surface area contributed by atoms with Crippen LogP contribution in [0.25, 0.3) is 61.4 Å². The van der Waals surface area contributed by atoms with Crippen molar-refractivity contribution in [3.63, 3.8) is 0 Å². The minimum Gasteiger partial charge on any atom is -0.344 e. The second-order valence-electron chi connectivity index (χ2n) is 16.2. The van der Waals surface area contributed by atoms with E-state index in [1.54, 1.807) is 0 Å². The van der Waals surface area contributed by atoms with Gasteiger partial charge in [-0.2, -0.15) is 0 Å². The molecule has 0 spiro atoms. The van der Waals surface area contributed by atoms with Crippen LogP contribution in [0.4, 0.5) is 0 Å². The monoisotopic (exact) mass is 630 g/mol. The number of H-pyrrole nitrogens is 1. The van der Waals surface area contributed by atoms with Gasteiger partial charge in [0.1, 0.15) is 11.5 Å². The molecular formula is C44H46N4. The SMILES string of the molecule is CC(C)(C)c1cc(-c2cc(-c3ccccn3)cc(-c3ccc4c5ccccc5n(-c5ccc(C(C)(C)C)[nH]5)c4n3)c2)cc(C(C)(C)C)c1. The molecule has 0 fully saturated rings. The third-order valence-electron chi connectivity index (χ3n) is 9.43. The molecule has 0 aliphatic heterocycles. The van der Waals surface area contributed by atoms with Crippen molar-refractivity contribution in [3.05, 3.63) is 126 Å². The Labute approximate surface area is 284 Å². The molecule has 4 heteroatoms. The Morgan fingerprint density at radius 3 is 1.77 bits per heavy atom. The van der Waals surface area contributed by atoms with E-state index in [1.165, 1.54) is 27.8 Å². The molecule has 48 heavy (non-hydrogen) atoms. The number of pyridine rings is 2. The Hall–Kier alpha value is -4.96. The van der Waals surface area contributed by atoms with Crippen molar-refractivity contribution in [2.75, 3.05) is 0 Å². The van der Waals surface area contributed by atoms with E-state index in [2.05, 4.69) is 169 Å². The molecule has 4 heterocycles. The summed E-state index contributed by atoms with van der Waals surface area (Å²) in [5.74, 6) is 1.02. The summed E-state index contributed by atoms with van der Waals surface area (Å²) in [6, 6.07) is 37.4. The molecule has 3 aromatic carbocycles. The molecule has 0 radical (unpaired) electrons. The third-order valence-corrected chi connectivity index (χ3v) is 9.43. The average Bonchev–Trinajstić information content (AvgIpc) is 3.67. The van der Waals surface area contributed by atoms with E-state index in [1.807, 2.05) is 12.3 Å². The zero-order valence-electron chi connectivity index (χ0n) is 29.7. The van der Waals surface area contributed by atoms with Crippen LogP contribution < -0.4 is 0 Å². The molecule has 4 aromatic heterocycles. The number of para-hydroxylation sites is 1. The molecule has 1 N–H and O–H groups in total. The van der Waals surface area contributed by atoms with Crippen LogP contribution in [0.15, 0.2) is 109 Å². The first kappa shape index (κ1) is 31.6. The van der Waals surface area contributed by atoms with Gasteiger partial charge in [0.05, 0.1) is 16.9 Å². The Morgan fingerprint density at radius 2 is 1.15 bits per heavy atom. The van der Waals surface area contributed by atoms with Gasteiger partial charge < -0.3 is 4.98 Å². The molecule has 0 aliphatic rings. The lowest BCUT2D eigenvalue weighted by molar-refractivity contribution is 0.569. The zero-order valence-corrected chi connectivity index (χ0v) is 29.7. The topological polar surface area (TPSA) is 46.5 Å². The first-order chi connectivity index (χ1) is 22.7. The zero-order chi connectivity index (χ0) is 34.0. The number of rotatable bonds is 4. The van der Waals surface area contributed by atoms with Crippen LogP contribution in [0.5, 0.6) is 0 Å². The predicted octanol–water partition coefficient (Wildman–Crippen LogP) is 11.8. The fourth-order valence-corrected chi connectivity index (χ4v) is 6.48. The largest absolute Gasteiger partial charge is 0.344 e. The number of hydrogen-bond acceptors (Lipinski definition) is 2. The van der Waals surface area contributed by atoms with Crippen LogP contribution in [0.3, 0.4) is 0 Å². The number of benzene rings is 3. The second kappa shape index (κ2) is 11.3. The number of nitrogens with zero attached hydrogens (tertiary/aromatic N) is 3. The molecule has 0 aliphatic carbocycles. The molecule has 7 rings (SSSR count). The van der Waals surface area contributed by atoms with Crippen LogP contribution in [0.2, 0.25) is 0 Å². The summed E-state index contributed by atoms with van der Waals surface area (Å²) in [6.07, 6.45) is 1.87. The maximum absolute atomic E-state index is 5.44. The summed E-state index contributed by atoms with van der Waals surface area (Å²) in [7, 11) is 0. The normalized spacial score (nSPS) is 12.7. The maximum Gasteiger partial charge on any atom is 0.147 e. The van der Waals surface area contributed by atoms with Crippen LogP contribution in [0.1, 0.15) is 79.1 Å². The summed E-state index contributed by atoms with van der Waals surface area (Å²) in [5, 5.41) is 2.32. The van der Waals surface area contributed by atoms with Gasteiger partial charge in [-0.15, -0.1) is 0 Å². The van der Waals surface area contributed by atoms with E-state index in [-0.39, 0.29) is 16.2 Å². The van der Waals surface area contributed by atoms with Crippen molar-refractivity contribution < 1.29 is 0 Å². The van der Waals surface area contributed by atoms with Crippen LogP contribution >= 0.6 is 0 Å². The molecule has 0 bridgehead atoms. The lowest BCUT2D eigenvalue weighted by atomic mass is 9.78. The van der Waals surface area contributed by atoms with Crippen molar-refractivity contribution in [3.8, 4) is 39.5 Å². The van der Waals surface area contributed by atoms with E-state index < -0.39 is 0 Å². The van der Waals surface area contributed by atoms with Crippen molar-refractivity contribution in [2.24, 2.45) is 0 Å². The number of aromatic nitrogens is 4. The highest BCUT2D eigenvalue weighted by Crippen LogP contribution is 2.39. The minimum absolute atomic E-state index is 0.00899. The molecule has 0 atom stereocenters. The number of fused-ring (bicyclic) bond motifs is 3. The van der Waals surface area contributed by atoms with Crippen LogP contribution in [-0.4, -0.2) is 19.5 Å². The number of hydrogen-bond donors (Lipinski definition) is 1. The fraction of sp³-hybridized carbons (Fsp3) is 0.273. The average molecular weight is 631 g/mol. The Balaban J connectivity index is 1.47. The first-order valence-electron chi connectivity index (χ1n) is 17.0. The molecular weight excluding hydrogens is 585 g/mol. The summed E-state index contributed by atoms with van der Waals surface area (Å²) in [6.45, 7) is 20.5. The molecule has 242 valence electrons. The molecule has 0 saturated carbocycles. The van der Waals surface area contributed by atoms with Crippen LogP contribution in [0, 0.1) is 0 Å². The number of aromatic amines is 1. The van der Waals surface area contributed by atoms with E-state index in [4.69, 9.17) is 9.97 Å². The van der Waals surface area contributed by atoms with Gasteiger partial charge in [0.25, 0.3) is 0 Å². The van der Waals surface area contributed by atoms with E-state index in [9.17, 15) is 0 Å². The molecule has 0 amide bonds. The Morgan fingerprint density at radius 1 is 0.521 bits per heavy atom. The van der Waals surface area contributed by atoms with Gasteiger partial charge in [-0.1, -0.05) is 105 Å². The first-order valence-corrected chi connectivity index (χ1v) is 17.0. The molecule has 7 aromatic rings. The van der Waals surface area contributed by atoms with Gasteiger partial charge in [0, 0.05) is 39.2 Å². The Bertz CT molecular complexity index is 2250. The van der Waals surface area contributed by atoms with Crippen molar-refractivity contribution >= 4 is 21.9 Å². The third kappa shape index (κ3) is 5.85. The van der Waals surface area contributed by atoms with Crippen LogP contribution in [-0.2, 0) is 16.2 Å². The Kier molecular flexibility index (Phi) is 7.47. The molecule has 0 unspecified atom stereocenters. The highest BCUT2D eigenvalue weighted by Gasteiger charge is 2.23. The lowest BCUT2D eigenvalue weighted by Crippen LogP contribution is -2.16. The van der Waals surface area contributed by atoms with Crippen molar-refractivity contribution in [1.29, 1.82) is 0 Å². The summed E-state index contributed by atoms with van der Waals surface area (Å²) in [5.41, 5.74) is 12.3. The molecule has 4 nitrogen and oxygen atoms in total. The van der Waals surface area contributed by atoms with Crippen molar-refractivity contribution in [2.45, 2.75) is 78.6 Å². The summed E-state index contributed by atoms with van der Waals surface area (Å²) in [4.78, 5) is 13.9. The predicted molar refractivity (Wildman–Crippen MR) is 203 cm³/mol. The van der Waals surface area contributed by atoms with Gasteiger partial charge in [-0.05, 0) is 93.7 Å². The standard InChI is InChI=1S/C44H46N4/c1-42(2,3)32-25-29(26-33(27-32)43(4,5)6)28-22-30(36-15-12-13-21-45-36)24-31(23-28)37-18-17-35-34-14-10-11-16-38(34)48(41(35)46-37)40-20-19-39(47-40)44(7,8)9/h10-27,47H,1-9H3. The smallest absolute Gasteiger partial charge is 0.147 e. The summed E-state index contributed by atoms with van der Waals surface area (Å²) >= 11 is 0.